The van der Waals surface area contributed by atoms with Crippen LogP contribution in [0.3, 0.4) is 0 Å². The number of pyridine rings is 2. The van der Waals surface area contributed by atoms with Crippen LogP contribution in [0.1, 0.15) is 52.1 Å². The molecule has 2 amide bonds. The van der Waals surface area contributed by atoms with Crippen LogP contribution >= 0.6 is 11.3 Å². The third-order valence-electron chi connectivity index (χ3n) is 7.51. The van der Waals surface area contributed by atoms with Gasteiger partial charge in [0.05, 0.1) is 33.6 Å². The largest absolute Gasteiger partial charge is 0.351 e. The molecule has 0 spiro atoms. The molecule has 4 aromatic rings. The van der Waals surface area contributed by atoms with E-state index < -0.39 is 0 Å². The van der Waals surface area contributed by atoms with Crippen molar-refractivity contribution < 1.29 is 9.59 Å². The van der Waals surface area contributed by atoms with Gasteiger partial charge in [0.2, 0.25) is 0 Å². The smallest absolute Gasteiger partial charge is 0.260 e. The number of rotatable bonds is 7. The Labute approximate surface area is 218 Å². The van der Waals surface area contributed by atoms with Gasteiger partial charge in [-0.2, -0.15) is 5.10 Å². The number of piperidine rings is 2. The second kappa shape index (κ2) is 10.0. The Morgan fingerprint density at radius 3 is 2.68 bits per heavy atom. The second-order valence-corrected chi connectivity index (χ2v) is 10.9. The van der Waals surface area contributed by atoms with Crippen molar-refractivity contribution in [2.45, 2.75) is 38.6 Å². The summed E-state index contributed by atoms with van der Waals surface area (Å²) < 4.78 is 1.71. The lowest BCUT2D eigenvalue weighted by Gasteiger charge is -2.45. The number of aromatic nitrogens is 4. The monoisotopic (exact) mass is 515 g/mol. The fourth-order valence-electron chi connectivity index (χ4n) is 5.43. The van der Waals surface area contributed by atoms with Crippen LogP contribution in [0.2, 0.25) is 0 Å². The number of hydrogen-bond donors (Lipinski definition) is 2. The Kier molecular flexibility index (Phi) is 6.43. The topological polar surface area (TPSA) is 105 Å². The molecule has 2 aliphatic heterocycles. The van der Waals surface area contributed by atoms with E-state index in [1.54, 1.807) is 35.4 Å². The van der Waals surface area contributed by atoms with Crippen molar-refractivity contribution in [1.82, 2.24) is 29.8 Å². The van der Waals surface area contributed by atoms with Gasteiger partial charge < -0.3 is 10.6 Å². The highest BCUT2D eigenvalue weighted by Gasteiger charge is 2.33. The Morgan fingerprint density at radius 2 is 1.92 bits per heavy atom. The highest BCUT2D eigenvalue weighted by atomic mass is 32.1. The molecule has 0 radical (unpaired) electrons. The van der Waals surface area contributed by atoms with E-state index in [9.17, 15) is 9.59 Å². The third kappa shape index (κ3) is 4.86. The Morgan fingerprint density at radius 1 is 1.11 bits per heavy atom. The molecular formula is C27H29N7O2S. The molecule has 3 aliphatic rings. The lowest BCUT2D eigenvalue weighted by Crippen LogP contribution is -2.50. The van der Waals surface area contributed by atoms with Gasteiger partial charge in [-0.05, 0) is 62.3 Å². The quantitative estimate of drug-likeness (QED) is 0.385. The molecule has 10 heteroatoms. The molecule has 7 rings (SSSR count). The van der Waals surface area contributed by atoms with Gasteiger partial charge in [0.15, 0.2) is 0 Å². The molecular weight excluding hydrogens is 486 g/mol. The Bertz CT molecular complexity index is 1440. The van der Waals surface area contributed by atoms with Crippen LogP contribution < -0.4 is 10.6 Å². The lowest BCUT2D eigenvalue weighted by atomic mass is 9.80. The molecule has 0 atom stereocenters. The molecule has 0 unspecified atom stereocenters. The maximum Gasteiger partial charge on any atom is 0.260 e. The van der Waals surface area contributed by atoms with Crippen LogP contribution in [0.15, 0.2) is 49.2 Å². The fourth-order valence-corrected chi connectivity index (χ4v) is 6.49. The van der Waals surface area contributed by atoms with Crippen molar-refractivity contribution >= 4 is 33.7 Å². The summed E-state index contributed by atoms with van der Waals surface area (Å²) in [7, 11) is 0. The normalized spacial score (nSPS) is 19.3. The molecule has 190 valence electrons. The van der Waals surface area contributed by atoms with Crippen molar-refractivity contribution in [1.29, 1.82) is 0 Å². The van der Waals surface area contributed by atoms with Crippen molar-refractivity contribution in [3.8, 4) is 10.4 Å². The van der Waals surface area contributed by atoms with Crippen molar-refractivity contribution in [2.75, 3.05) is 25.0 Å². The number of carbonyl (C=O) groups is 2. The number of aryl methyl sites for hydroxylation is 1. The van der Waals surface area contributed by atoms with Gasteiger partial charge in [-0.15, -0.1) is 11.3 Å². The predicted molar refractivity (Wildman–Crippen MR) is 143 cm³/mol. The standard InChI is InChI=1S/C27H29N7O2S/c1-17-23(12-20(13-30-17)25(35)29-10-11-33-15-18-2-4-21(33)5-3-18)32-26(36)22-14-31-34-16-24(37-27(22)34)19-6-8-28-9-7-19/h6-9,12-14,16,18,21H,2-5,10-11,15H2,1H3,(H,29,35)(H,32,36). The number of anilines is 1. The molecule has 2 saturated heterocycles. The van der Waals surface area contributed by atoms with Crippen LogP contribution in [0.4, 0.5) is 5.69 Å². The van der Waals surface area contributed by atoms with E-state index in [1.165, 1.54) is 37.0 Å². The van der Waals surface area contributed by atoms with Gasteiger partial charge in [0.1, 0.15) is 4.83 Å². The average Bonchev–Trinajstić information content (AvgIpc) is 3.52. The van der Waals surface area contributed by atoms with Gasteiger partial charge in [0, 0.05) is 50.5 Å². The SMILES string of the molecule is Cc1ncc(C(=O)NCCN2CC3CCC2CC3)cc1NC(=O)c1cnn2cc(-c3ccncc3)sc12. The van der Waals surface area contributed by atoms with E-state index in [1.807, 2.05) is 25.3 Å². The molecule has 2 N–H and O–H groups in total. The van der Waals surface area contributed by atoms with Crippen LogP contribution in [-0.4, -0.2) is 62.0 Å². The van der Waals surface area contributed by atoms with E-state index in [-0.39, 0.29) is 11.8 Å². The maximum atomic E-state index is 13.2. The van der Waals surface area contributed by atoms with Gasteiger partial charge in [0.25, 0.3) is 11.8 Å². The average molecular weight is 516 g/mol. The van der Waals surface area contributed by atoms with Gasteiger partial charge in [-0.1, -0.05) is 0 Å². The van der Waals surface area contributed by atoms with E-state index in [2.05, 4.69) is 30.6 Å². The summed E-state index contributed by atoms with van der Waals surface area (Å²) in [6.45, 7) is 4.43. The maximum absolute atomic E-state index is 13.2. The summed E-state index contributed by atoms with van der Waals surface area (Å²) in [6.07, 6.45) is 13.8. The minimum absolute atomic E-state index is 0.182. The first-order valence-electron chi connectivity index (χ1n) is 12.7. The Hall–Kier alpha value is -3.63. The van der Waals surface area contributed by atoms with E-state index >= 15 is 0 Å². The van der Waals surface area contributed by atoms with Crippen LogP contribution in [0.5, 0.6) is 0 Å². The summed E-state index contributed by atoms with van der Waals surface area (Å²) in [6, 6.07) is 6.21. The minimum Gasteiger partial charge on any atom is -0.351 e. The number of thiazole rings is 1. The summed E-state index contributed by atoms with van der Waals surface area (Å²) in [5.41, 5.74) is 3.06. The first-order chi connectivity index (χ1) is 18.0. The molecule has 4 aromatic heterocycles. The zero-order chi connectivity index (χ0) is 25.4. The zero-order valence-corrected chi connectivity index (χ0v) is 21.5. The van der Waals surface area contributed by atoms with E-state index in [4.69, 9.17) is 0 Å². The van der Waals surface area contributed by atoms with Gasteiger partial charge >= 0.3 is 0 Å². The first kappa shape index (κ1) is 23.7. The van der Waals surface area contributed by atoms with Crippen molar-refractivity contribution in [3.63, 3.8) is 0 Å². The van der Waals surface area contributed by atoms with Gasteiger partial charge in [-0.3, -0.25) is 24.5 Å². The number of nitrogens with zero attached hydrogens (tertiary/aromatic N) is 5. The Balaban J connectivity index is 1.12. The van der Waals surface area contributed by atoms with Crippen LogP contribution in [0.25, 0.3) is 15.3 Å². The highest BCUT2D eigenvalue weighted by molar-refractivity contribution is 7.21. The minimum atomic E-state index is -0.291. The first-order valence-corrected chi connectivity index (χ1v) is 13.5. The van der Waals surface area contributed by atoms with Gasteiger partial charge in [-0.25, -0.2) is 4.52 Å². The third-order valence-corrected chi connectivity index (χ3v) is 8.67. The summed E-state index contributed by atoms with van der Waals surface area (Å²) in [5.74, 6) is 0.348. The fraction of sp³-hybridized carbons (Fsp3) is 0.370. The highest BCUT2D eigenvalue weighted by Crippen LogP contribution is 2.34. The van der Waals surface area contributed by atoms with E-state index in [0.29, 0.717) is 35.1 Å². The molecule has 1 saturated carbocycles. The lowest BCUT2D eigenvalue weighted by molar-refractivity contribution is 0.0494. The molecule has 0 aromatic carbocycles. The summed E-state index contributed by atoms with van der Waals surface area (Å²) in [4.78, 5) is 38.7. The molecule has 2 bridgehead atoms. The summed E-state index contributed by atoms with van der Waals surface area (Å²) >= 11 is 1.49. The molecule has 37 heavy (non-hydrogen) atoms. The second-order valence-electron chi connectivity index (χ2n) is 9.88. The zero-order valence-electron chi connectivity index (χ0n) is 20.7. The molecule has 3 fully saturated rings. The van der Waals surface area contributed by atoms with E-state index in [0.717, 1.165) is 34.3 Å². The predicted octanol–water partition coefficient (Wildman–Crippen LogP) is 4.02. The number of amides is 2. The molecule has 1 aliphatic carbocycles. The number of nitrogens with one attached hydrogen (secondary N) is 2. The van der Waals surface area contributed by atoms with Crippen molar-refractivity contribution in [3.05, 3.63) is 66.0 Å². The van der Waals surface area contributed by atoms with Crippen molar-refractivity contribution in [2.24, 2.45) is 5.92 Å². The van der Waals surface area contributed by atoms with Crippen LogP contribution in [0, 0.1) is 12.8 Å². The molecule has 6 heterocycles. The number of fused-ring (bicyclic) bond motifs is 4. The number of hydrogen-bond acceptors (Lipinski definition) is 7. The summed E-state index contributed by atoms with van der Waals surface area (Å²) in [5, 5.41) is 10.3. The molecule has 9 nitrogen and oxygen atoms in total. The number of carbonyl (C=O) groups excluding carboxylic acids is 2. The van der Waals surface area contributed by atoms with Crippen LogP contribution in [-0.2, 0) is 0 Å².